The van der Waals surface area contributed by atoms with Crippen LogP contribution >= 0.6 is 0 Å². The van der Waals surface area contributed by atoms with Crippen LogP contribution in [0.25, 0.3) is 0 Å². The second-order valence-electron chi connectivity index (χ2n) is 5.19. The molecule has 0 aliphatic heterocycles. The average molecular weight is 323 g/mol. The predicted octanol–water partition coefficient (Wildman–Crippen LogP) is -0.774. The molecule has 0 unspecified atom stereocenters. The van der Waals surface area contributed by atoms with E-state index >= 15 is 0 Å². The zero-order chi connectivity index (χ0) is 17.6. The average Bonchev–Trinajstić information content (AvgIpc) is 2.48. The normalized spacial score (nSPS) is 14.5. The van der Waals surface area contributed by atoms with Crippen molar-refractivity contribution in [2.75, 3.05) is 0 Å². The van der Waals surface area contributed by atoms with Crippen LogP contribution in [0.5, 0.6) is 5.75 Å². The van der Waals surface area contributed by atoms with Gasteiger partial charge >= 0.3 is 17.9 Å². The highest BCUT2D eigenvalue weighted by Crippen LogP contribution is 2.14. The van der Waals surface area contributed by atoms with Crippen molar-refractivity contribution in [3.05, 3.63) is 29.8 Å². The number of hydrogen-bond acceptors (Lipinski definition) is 8. The van der Waals surface area contributed by atoms with Gasteiger partial charge in [-0.1, -0.05) is 12.1 Å². The van der Waals surface area contributed by atoms with Gasteiger partial charge in [-0.05, 0) is 38.0 Å². The molecule has 0 radical (unpaired) electrons. The summed E-state index contributed by atoms with van der Waals surface area (Å²) in [6.45, 7) is 2.92. The van der Waals surface area contributed by atoms with Crippen molar-refractivity contribution in [3.8, 4) is 5.75 Å². The summed E-state index contributed by atoms with van der Waals surface area (Å²) in [6.07, 6.45) is 0.159. The van der Waals surface area contributed by atoms with Crippen LogP contribution < -0.4 is 21.9 Å². The molecule has 0 spiro atoms. The highest BCUT2D eigenvalue weighted by molar-refractivity contribution is 5.90. The van der Waals surface area contributed by atoms with Crippen LogP contribution in [0.2, 0.25) is 0 Å². The SMILES string of the molecule is C[C@H](N)C(=O)OC(=O)[C@@H](N)Cc1ccc(OC(=O)[C@H](C)N)cc1. The van der Waals surface area contributed by atoms with E-state index in [2.05, 4.69) is 4.74 Å². The minimum absolute atomic E-state index is 0.159. The fourth-order valence-electron chi connectivity index (χ4n) is 1.51. The summed E-state index contributed by atoms with van der Waals surface area (Å²) in [6, 6.07) is 3.77. The minimum Gasteiger partial charge on any atom is -0.425 e. The van der Waals surface area contributed by atoms with E-state index in [-0.39, 0.29) is 6.42 Å². The highest BCUT2D eigenvalue weighted by Gasteiger charge is 2.21. The molecule has 3 atom stereocenters. The summed E-state index contributed by atoms with van der Waals surface area (Å²) < 4.78 is 9.55. The molecule has 0 saturated carbocycles. The van der Waals surface area contributed by atoms with Gasteiger partial charge in [-0.2, -0.15) is 0 Å². The van der Waals surface area contributed by atoms with Gasteiger partial charge in [-0.25, -0.2) is 14.4 Å². The first-order valence-corrected chi connectivity index (χ1v) is 7.03. The topological polar surface area (TPSA) is 148 Å². The molecule has 0 amide bonds. The van der Waals surface area contributed by atoms with Crippen molar-refractivity contribution in [1.82, 2.24) is 0 Å². The lowest BCUT2D eigenvalue weighted by Crippen LogP contribution is -2.39. The molecule has 0 saturated heterocycles. The van der Waals surface area contributed by atoms with Crippen molar-refractivity contribution in [3.63, 3.8) is 0 Å². The molecule has 0 bridgehead atoms. The first kappa shape index (κ1) is 18.8. The van der Waals surface area contributed by atoms with Gasteiger partial charge in [0.2, 0.25) is 0 Å². The number of nitrogens with two attached hydrogens (primary N) is 3. The van der Waals surface area contributed by atoms with Gasteiger partial charge in [0.25, 0.3) is 0 Å². The molecular formula is C15H21N3O5. The van der Waals surface area contributed by atoms with Gasteiger partial charge in [0.1, 0.15) is 23.9 Å². The summed E-state index contributed by atoms with van der Waals surface area (Å²) >= 11 is 0. The van der Waals surface area contributed by atoms with Gasteiger partial charge < -0.3 is 26.7 Å². The Balaban J connectivity index is 2.59. The van der Waals surface area contributed by atoms with Crippen LogP contribution in [0, 0.1) is 0 Å². The monoisotopic (exact) mass is 323 g/mol. The summed E-state index contributed by atoms with van der Waals surface area (Å²) in [7, 11) is 0. The molecular weight excluding hydrogens is 302 g/mol. The molecule has 8 nitrogen and oxygen atoms in total. The molecule has 0 fully saturated rings. The van der Waals surface area contributed by atoms with E-state index in [0.29, 0.717) is 11.3 Å². The second kappa shape index (κ2) is 8.37. The van der Waals surface area contributed by atoms with Crippen molar-refractivity contribution in [1.29, 1.82) is 0 Å². The molecule has 0 aliphatic carbocycles. The lowest BCUT2D eigenvalue weighted by molar-refractivity contribution is -0.161. The van der Waals surface area contributed by atoms with E-state index in [1.165, 1.54) is 13.8 Å². The van der Waals surface area contributed by atoms with E-state index in [4.69, 9.17) is 21.9 Å². The number of hydrogen-bond donors (Lipinski definition) is 3. The summed E-state index contributed by atoms with van der Waals surface area (Å²) in [5, 5.41) is 0. The zero-order valence-corrected chi connectivity index (χ0v) is 13.0. The van der Waals surface area contributed by atoms with Gasteiger partial charge in [0, 0.05) is 0 Å². The van der Waals surface area contributed by atoms with Crippen LogP contribution in [0.3, 0.4) is 0 Å². The molecule has 23 heavy (non-hydrogen) atoms. The summed E-state index contributed by atoms with van der Waals surface area (Å²) in [4.78, 5) is 34.2. The Morgan fingerprint density at radius 2 is 1.43 bits per heavy atom. The first-order valence-electron chi connectivity index (χ1n) is 7.03. The minimum atomic E-state index is -1.00. The number of carbonyl (C=O) groups excluding carboxylic acids is 3. The van der Waals surface area contributed by atoms with Crippen molar-refractivity contribution < 1.29 is 23.9 Å². The van der Waals surface area contributed by atoms with Crippen LogP contribution in [0.1, 0.15) is 19.4 Å². The van der Waals surface area contributed by atoms with Crippen LogP contribution in [0.15, 0.2) is 24.3 Å². The molecule has 0 aliphatic rings. The van der Waals surface area contributed by atoms with Gasteiger partial charge in [0.05, 0.1) is 0 Å². The summed E-state index contributed by atoms with van der Waals surface area (Å²) in [5.74, 6) is -1.89. The van der Waals surface area contributed by atoms with Crippen LogP contribution in [0.4, 0.5) is 0 Å². The Hall–Kier alpha value is -2.29. The number of esters is 3. The molecule has 1 aromatic carbocycles. The third kappa shape index (κ3) is 6.15. The molecule has 1 aromatic rings. The largest absolute Gasteiger partial charge is 0.425 e. The van der Waals surface area contributed by atoms with E-state index in [1.54, 1.807) is 24.3 Å². The highest BCUT2D eigenvalue weighted by atomic mass is 16.6. The lowest BCUT2D eigenvalue weighted by Gasteiger charge is -2.12. The Labute approximate surface area is 133 Å². The number of benzene rings is 1. The molecule has 8 heteroatoms. The lowest BCUT2D eigenvalue weighted by atomic mass is 10.1. The molecule has 0 heterocycles. The molecule has 0 aromatic heterocycles. The van der Waals surface area contributed by atoms with Crippen molar-refractivity contribution in [2.24, 2.45) is 17.2 Å². The Morgan fingerprint density at radius 1 is 0.913 bits per heavy atom. The maximum atomic E-state index is 11.6. The number of rotatable bonds is 6. The first-order chi connectivity index (χ1) is 10.7. The molecule has 126 valence electrons. The van der Waals surface area contributed by atoms with E-state index in [9.17, 15) is 14.4 Å². The van der Waals surface area contributed by atoms with E-state index in [0.717, 1.165) is 0 Å². The van der Waals surface area contributed by atoms with Crippen molar-refractivity contribution in [2.45, 2.75) is 38.4 Å². The molecule has 6 N–H and O–H groups in total. The van der Waals surface area contributed by atoms with E-state index in [1.807, 2.05) is 0 Å². The fourth-order valence-corrected chi connectivity index (χ4v) is 1.51. The van der Waals surface area contributed by atoms with Crippen LogP contribution in [-0.4, -0.2) is 36.0 Å². The second-order valence-corrected chi connectivity index (χ2v) is 5.19. The Kier molecular flexibility index (Phi) is 6.83. The fraction of sp³-hybridized carbons (Fsp3) is 0.400. The smallest absolute Gasteiger partial charge is 0.330 e. The molecule has 1 rings (SSSR count). The quantitative estimate of drug-likeness (QED) is 0.351. The Bertz CT molecular complexity index is 569. The number of ether oxygens (including phenoxy) is 2. The predicted molar refractivity (Wildman–Crippen MR) is 82.2 cm³/mol. The number of carbonyl (C=O) groups is 3. The zero-order valence-electron chi connectivity index (χ0n) is 13.0. The van der Waals surface area contributed by atoms with E-state index < -0.39 is 36.0 Å². The standard InChI is InChI=1S/C15H21N3O5/c1-8(16)13(19)22-11-5-3-10(4-6-11)7-12(18)15(21)23-14(20)9(2)17/h3-6,8-9,12H,7,16-18H2,1-2H3/t8-,9-,12-/m0/s1. The third-order valence-corrected chi connectivity index (χ3v) is 2.84. The maximum Gasteiger partial charge on any atom is 0.330 e. The maximum absolute atomic E-state index is 11.6. The van der Waals surface area contributed by atoms with Crippen LogP contribution in [-0.2, 0) is 25.5 Å². The third-order valence-electron chi connectivity index (χ3n) is 2.84. The summed E-state index contributed by atoms with van der Waals surface area (Å²) in [5.41, 5.74) is 17.1. The van der Waals surface area contributed by atoms with Gasteiger partial charge in [-0.15, -0.1) is 0 Å². The van der Waals surface area contributed by atoms with Crippen molar-refractivity contribution >= 4 is 17.9 Å². The van der Waals surface area contributed by atoms with Gasteiger partial charge in [-0.3, -0.25) is 0 Å². The Morgan fingerprint density at radius 3 is 1.91 bits per heavy atom. The van der Waals surface area contributed by atoms with Gasteiger partial charge in [0.15, 0.2) is 0 Å².